The molecule has 1 aromatic heterocycles. The fourth-order valence-electron chi connectivity index (χ4n) is 4.44. The van der Waals surface area contributed by atoms with E-state index in [1.54, 1.807) is 12.5 Å². The minimum Gasteiger partial charge on any atom is -0.391 e. The molecule has 1 aliphatic carbocycles. The number of hydrogen-bond acceptors (Lipinski definition) is 5. The van der Waals surface area contributed by atoms with E-state index in [2.05, 4.69) is 15.2 Å². The van der Waals surface area contributed by atoms with Crippen LogP contribution in [0.5, 0.6) is 0 Å². The van der Waals surface area contributed by atoms with Gasteiger partial charge in [-0.3, -0.25) is 9.69 Å². The molecular weight excluding hydrogens is 320 g/mol. The van der Waals surface area contributed by atoms with E-state index in [1.807, 2.05) is 10.8 Å². The summed E-state index contributed by atoms with van der Waals surface area (Å²) >= 11 is 0. The number of amides is 1. The van der Waals surface area contributed by atoms with Crippen LogP contribution in [-0.4, -0.2) is 70.0 Å². The van der Waals surface area contributed by atoms with Crippen LogP contribution < -0.4 is 5.32 Å². The molecule has 0 radical (unpaired) electrons. The number of carbonyl (C=O) groups is 1. The van der Waals surface area contributed by atoms with Gasteiger partial charge in [-0.2, -0.15) is 0 Å². The summed E-state index contributed by atoms with van der Waals surface area (Å²) in [5.74, 6) is 0.563. The van der Waals surface area contributed by atoms with E-state index in [1.165, 1.54) is 0 Å². The van der Waals surface area contributed by atoms with Crippen molar-refractivity contribution in [3.05, 3.63) is 18.7 Å². The molecule has 1 aromatic rings. The first kappa shape index (κ1) is 17.0. The number of rotatable bonds is 5. The van der Waals surface area contributed by atoms with Crippen molar-refractivity contribution >= 4 is 5.91 Å². The highest BCUT2D eigenvalue weighted by Gasteiger charge is 2.40. The summed E-state index contributed by atoms with van der Waals surface area (Å²) in [7, 11) is 0. The second kappa shape index (κ2) is 7.43. The molecule has 2 saturated heterocycles. The normalized spacial score (nSPS) is 31.8. The lowest BCUT2D eigenvalue weighted by molar-refractivity contribution is -0.133. The van der Waals surface area contributed by atoms with Gasteiger partial charge in [-0.1, -0.05) is 0 Å². The molecule has 1 unspecified atom stereocenters. The fraction of sp³-hybridized carbons (Fsp3) is 0.778. The molecule has 1 amide bonds. The number of nitrogens with one attached hydrogen (secondary N) is 1. The van der Waals surface area contributed by atoms with Gasteiger partial charge in [0.05, 0.1) is 24.4 Å². The van der Waals surface area contributed by atoms with Gasteiger partial charge in [0.15, 0.2) is 0 Å². The van der Waals surface area contributed by atoms with E-state index >= 15 is 0 Å². The molecule has 7 nitrogen and oxygen atoms in total. The summed E-state index contributed by atoms with van der Waals surface area (Å²) in [6.45, 7) is 4.22. The van der Waals surface area contributed by atoms with Gasteiger partial charge in [0, 0.05) is 51.3 Å². The maximum atomic E-state index is 12.5. The van der Waals surface area contributed by atoms with Gasteiger partial charge in [-0.15, -0.1) is 0 Å². The van der Waals surface area contributed by atoms with E-state index in [-0.39, 0.29) is 17.9 Å². The molecule has 0 bridgehead atoms. The summed E-state index contributed by atoms with van der Waals surface area (Å²) in [4.78, 5) is 18.9. The predicted octanol–water partition coefficient (Wildman–Crippen LogP) is 0.250. The molecule has 2 aliphatic heterocycles. The molecule has 1 saturated carbocycles. The second-order valence-electron chi connectivity index (χ2n) is 7.77. The summed E-state index contributed by atoms with van der Waals surface area (Å²) < 4.78 is 7.44. The number of carbonyl (C=O) groups excluding carboxylic acids is 1. The van der Waals surface area contributed by atoms with Crippen LogP contribution in [0.4, 0.5) is 0 Å². The van der Waals surface area contributed by atoms with Crippen molar-refractivity contribution in [2.75, 3.05) is 26.3 Å². The number of hydrogen-bond donors (Lipinski definition) is 2. The zero-order chi connectivity index (χ0) is 17.2. The zero-order valence-electron chi connectivity index (χ0n) is 14.6. The van der Waals surface area contributed by atoms with Gasteiger partial charge in [0.25, 0.3) is 0 Å². The number of imidazole rings is 1. The van der Waals surface area contributed by atoms with E-state index in [4.69, 9.17) is 4.74 Å². The van der Waals surface area contributed by atoms with Crippen molar-refractivity contribution in [1.29, 1.82) is 0 Å². The molecule has 138 valence electrons. The van der Waals surface area contributed by atoms with Crippen LogP contribution in [0, 0.1) is 11.8 Å². The Morgan fingerprint density at radius 2 is 2.08 bits per heavy atom. The number of aliphatic hydroxyl groups excluding tert-OH is 1. The van der Waals surface area contributed by atoms with E-state index in [9.17, 15) is 9.90 Å². The van der Waals surface area contributed by atoms with Gasteiger partial charge >= 0.3 is 0 Å². The van der Waals surface area contributed by atoms with Crippen LogP contribution in [0.25, 0.3) is 0 Å². The number of ether oxygens (including phenoxy) is 1. The third kappa shape index (κ3) is 3.88. The molecule has 2 N–H and O–H groups in total. The van der Waals surface area contributed by atoms with Gasteiger partial charge in [-0.05, 0) is 31.6 Å². The topological polar surface area (TPSA) is 79.6 Å². The van der Waals surface area contributed by atoms with Gasteiger partial charge in [0.1, 0.15) is 0 Å². The summed E-state index contributed by atoms with van der Waals surface area (Å²) in [6, 6.07) is 0.465. The van der Waals surface area contributed by atoms with Crippen molar-refractivity contribution in [2.45, 2.75) is 50.4 Å². The molecule has 0 aromatic carbocycles. The molecule has 0 spiro atoms. The lowest BCUT2D eigenvalue weighted by atomic mass is 9.93. The minimum absolute atomic E-state index is 0.0720. The van der Waals surface area contributed by atoms with Crippen LogP contribution in [-0.2, 0) is 16.1 Å². The Bertz CT molecular complexity index is 567. The monoisotopic (exact) mass is 348 g/mol. The Labute approximate surface area is 148 Å². The maximum Gasteiger partial charge on any atom is 0.226 e. The molecule has 3 fully saturated rings. The van der Waals surface area contributed by atoms with Crippen LogP contribution in [0.15, 0.2) is 18.7 Å². The summed E-state index contributed by atoms with van der Waals surface area (Å²) in [5, 5.41) is 13.4. The molecule has 3 atom stereocenters. The predicted molar refractivity (Wildman–Crippen MR) is 91.8 cm³/mol. The minimum atomic E-state index is -0.441. The lowest BCUT2D eigenvalue weighted by Crippen LogP contribution is -2.59. The van der Waals surface area contributed by atoms with Crippen molar-refractivity contribution in [2.24, 2.45) is 11.8 Å². The number of nitrogens with zero attached hydrogens (tertiary/aromatic N) is 3. The average molecular weight is 348 g/mol. The van der Waals surface area contributed by atoms with Gasteiger partial charge in [0.2, 0.25) is 5.91 Å². The zero-order valence-corrected chi connectivity index (χ0v) is 14.6. The number of likely N-dealkylation sites (tertiary alicyclic amines) is 1. The van der Waals surface area contributed by atoms with Crippen LogP contribution in [0.2, 0.25) is 0 Å². The summed E-state index contributed by atoms with van der Waals surface area (Å²) in [5.41, 5.74) is 0. The number of aromatic nitrogens is 2. The first-order chi connectivity index (χ1) is 12.2. The van der Waals surface area contributed by atoms with Crippen LogP contribution in [0.3, 0.4) is 0 Å². The van der Waals surface area contributed by atoms with Crippen molar-refractivity contribution in [3.8, 4) is 0 Å². The van der Waals surface area contributed by atoms with Gasteiger partial charge in [-0.25, -0.2) is 4.98 Å². The first-order valence-electron chi connectivity index (χ1n) is 9.45. The highest BCUT2D eigenvalue weighted by Crippen LogP contribution is 2.29. The van der Waals surface area contributed by atoms with Crippen molar-refractivity contribution in [3.63, 3.8) is 0 Å². The molecule has 7 heteroatoms. The first-order valence-corrected chi connectivity index (χ1v) is 9.45. The van der Waals surface area contributed by atoms with E-state index in [0.717, 1.165) is 58.5 Å². The third-order valence-corrected chi connectivity index (χ3v) is 5.97. The van der Waals surface area contributed by atoms with Crippen LogP contribution in [0.1, 0.15) is 25.7 Å². The third-order valence-electron chi connectivity index (χ3n) is 5.97. The smallest absolute Gasteiger partial charge is 0.226 e. The standard InChI is InChI=1S/C18H28N4O3/c23-17-8-13(9-21-4-3-19-12-21)7-16(17)20-18(24)14-10-22(11-14)15-1-5-25-6-2-15/h3-4,12-17,23H,1-2,5-11H2,(H,20,24)/t13?,16-,17-/m1/s1. The average Bonchev–Trinajstić information content (AvgIpc) is 3.18. The molecule has 3 aliphatic rings. The van der Waals surface area contributed by atoms with Gasteiger partial charge < -0.3 is 19.7 Å². The molecule has 4 rings (SSSR count). The Hall–Kier alpha value is -1.44. The maximum absolute atomic E-state index is 12.5. The van der Waals surface area contributed by atoms with E-state index < -0.39 is 6.10 Å². The SMILES string of the molecule is O=C(N[C@@H]1CC(Cn2ccnc2)C[C@H]1O)C1CN(C2CCOCC2)C1. The molecular formula is C18H28N4O3. The fourth-order valence-corrected chi connectivity index (χ4v) is 4.44. The Balaban J connectivity index is 1.21. The van der Waals surface area contributed by atoms with Crippen molar-refractivity contribution in [1.82, 2.24) is 19.8 Å². The van der Waals surface area contributed by atoms with E-state index in [0.29, 0.717) is 12.0 Å². The number of aliphatic hydroxyl groups is 1. The Morgan fingerprint density at radius 3 is 2.80 bits per heavy atom. The summed E-state index contributed by atoms with van der Waals surface area (Å²) in [6.07, 6.45) is 8.80. The molecule has 3 heterocycles. The molecule has 25 heavy (non-hydrogen) atoms. The lowest BCUT2D eigenvalue weighted by Gasteiger charge is -2.45. The Kier molecular flexibility index (Phi) is 5.05. The second-order valence-corrected chi connectivity index (χ2v) is 7.77. The highest BCUT2D eigenvalue weighted by atomic mass is 16.5. The largest absolute Gasteiger partial charge is 0.391 e. The quantitative estimate of drug-likeness (QED) is 0.797. The van der Waals surface area contributed by atoms with Crippen LogP contribution >= 0.6 is 0 Å². The van der Waals surface area contributed by atoms with Crippen molar-refractivity contribution < 1.29 is 14.6 Å². The highest BCUT2D eigenvalue weighted by molar-refractivity contribution is 5.80. The Morgan fingerprint density at radius 1 is 1.28 bits per heavy atom.